The molecule has 0 aromatic rings. The summed E-state index contributed by atoms with van der Waals surface area (Å²) in [6, 6.07) is 0. The summed E-state index contributed by atoms with van der Waals surface area (Å²) in [6.07, 6.45) is 2.16. The fourth-order valence-electron chi connectivity index (χ4n) is 0.830. The van der Waals surface area contributed by atoms with Gasteiger partial charge in [-0.25, -0.2) is 4.79 Å². The molecule has 0 saturated heterocycles. The molecule has 3 nitrogen and oxygen atoms in total. The second kappa shape index (κ2) is 6.66. The zero-order valence-corrected chi connectivity index (χ0v) is 8.38. The standard InChI is InChI=1S/C10H18O3/c1-8(2)10(12)13-7-5-4-6-9(3)11/h9,11H,1,4-7H2,2-3H3. The van der Waals surface area contributed by atoms with E-state index >= 15 is 0 Å². The van der Waals surface area contributed by atoms with Crippen LogP contribution in [0.5, 0.6) is 0 Å². The number of aliphatic hydroxyl groups excluding tert-OH is 1. The molecule has 0 amide bonds. The van der Waals surface area contributed by atoms with Gasteiger partial charge in [-0.1, -0.05) is 6.58 Å². The number of rotatable bonds is 6. The Kier molecular flexibility index (Phi) is 6.24. The second-order valence-electron chi connectivity index (χ2n) is 3.26. The van der Waals surface area contributed by atoms with Crippen molar-refractivity contribution in [2.75, 3.05) is 6.61 Å². The molecule has 0 aromatic carbocycles. The van der Waals surface area contributed by atoms with E-state index in [1.807, 2.05) is 0 Å². The van der Waals surface area contributed by atoms with Crippen LogP contribution >= 0.6 is 0 Å². The monoisotopic (exact) mass is 186 g/mol. The molecule has 0 fully saturated rings. The number of esters is 1. The topological polar surface area (TPSA) is 46.5 Å². The van der Waals surface area contributed by atoms with Gasteiger partial charge in [0.1, 0.15) is 0 Å². The molecular weight excluding hydrogens is 168 g/mol. The molecule has 0 saturated carbocycles. The van der Waals surface area contributed by atoms with Crippen molar-refractivity contribution in [3.05, 3.63) is 12.2 Å². The molecule has 0 heterocycles. The van der Waals surface area contributed by atoms with Gasteiger partial charge in [0.25, 0.3) is 0 Å². The first-order chi connectivity index (χ1) is 6.04. The number of hydrogen-bond acceptors (Lipinski definition) is 3. The largest absolute Gasteiger partial charge is 0.462 e. The zero-order chi connectivity index (χ0) is 10.3. The van der Waals surface area contributed by atoms with Crippen molar-refractivity contribution < 1.29 is 14.6 Å². The smallest absolute Gasteiger partial charge is 0.333 e. The highest BCUT2D eigenvalue weighted by molar-refractivity contribution is 5.86. The second-order valence-corrected chi connectivity index (χ2v) is 3.26. The van der Waals surface area contributed by atoms with Crippen molar-refractivity contribution in [2.24, 2.45) is 0 Å². The van der Waals surface area contributed by atoms with E-state index in [9.17, 15) is 4.79 Å². The number of hydrogen-bond donors (Lipinski definition) is 1. The Bertz CT molecular complexity index is 173. The molecular formula is C10H18O3. The Morgan fingerprint density at radius 2 is 2.15 bits per heavy atom. The maximum atomic E-state index is 10.9. The molecule has 13 heavy (non-hydrogen) atoms. The molecule has 0 bridgehead atoms. The van der Waals surface area contributed by atoms with Crippen molar-refractivity contribution in [3.63, 3.8) is 0 Å². The molecule has 0 aliphatic rings. The molecule has 1 atom stereocenters. The van der Waals surface area contributed by atoms with Gasteiger partial charge in [0.2, 0.25) is 0 Å². The van der Waals surface area contributed by atoms with Crippen molar-refractivity contribution in [3.8, 4) is 0 Å². The molecule has 0 aliphatic carbocycles. The van der Waals surface area contributed by atoms with Crippen LogP contribution in [0.1, 0.15) is 33.1 Å². The van der Waals surface area contributed by atoms with E-state index in [-0.39, 0.29) is 12.1 Å². The predicted molar refractivity (Wildman–Crippen MR) is 51.3 cm³/mol. The average Bonchev–Trinajstić information content (AvgIpc) is 2.02. The Morgan fingerprint density at radius 1 is 1.54 bits per heavy atom. The molecule has 0 spiro atoms. The fraction of sp³-hybridized carbons (Fsp3) is 0.700. The van der Waals surface area contributed by atoms with Crippen LogP contribution < -0.4 is 0 Å². The third-order valence-electron chi connectivity index (χ3n) is 1.60. The minimum atomic E-state index is -0.336. The lowest BCUT2D eigenvalue weighted by Gasteiger charge is -2.05. The Morgan fingerprint density at radius 3 is 2.62 bits per heavy atom. The highest BCUT2D eigenvalue weighted by Gasteiger charge is 2.02. The number of carbonyl (C=O) groups is 1. The lowest BCUT2D eigenvalue weighted by molar-refractivity contribution is -0.139. The van der Waals surface area contributed by atoms with E-state index in [2.05, 4.69) is 6.58 Å². The predicted octanol–water partition coefficient (Wildman–Crippen LogP) is 1.66. The van der Waals surface area contributed by atoms with Crippen LogP contribution in [0.3, 0.4) is 0 Å². The van der Waals surface area contributed by atoms with E-state index in [1.54, 1.807) is 13.8 Å². The first-order valence-electron chi connectivity index (χ1n) is 4.54. The van der Waals surface area contributed by atoms with Crippen LogP contribution in [-0.4, -0.2) is 23.8 Å². The van der Waals surface area contributed by atoms with Crippen LogP contribution in [0, 0.1) is 0 Å². The van der Waals surface area contributed by atoms with Gasteiger partial charge in [-0.2, -0.15) is 0 Å². The van der Waals surface area contributed by atoms with E-state index in [4.69, 9.17) is 9.84 Å². The summed E-state index contributed by atoms with van der Waals surface area (Å²) in [5, 5.41) is 8.93. The van der Waals surface area contributed by atoms with Gasteiger partial charge in [0.05, 0.1) is 12.7 Å². The first-order valence-corrected chi connectivity index (χ1v) is 4.54. The van der Waals surface area contributed by atoms with Gasteiger partial charge in [0, 0.05) is 5.57 Å². The van der Waals surface area contributed by atoms with Crippen molar-refractivity contribution in [2.45, 2.75) is 39.2 Å². The Hall–Kier alpha value is -0.830. The van der Waals surface area contributed by atoms with Gasteiger partial charge in [-0.05, 0) is 33.1 Å². The van der Waals surface area contributed by atoms with Crippen LogP contribution in [-0.2, 0) is 9.53 Å². The van der Waals surface area contributed by atoms with Crippen molar-refractivity contribution in [1.82, 2.24) is 0 Å². The van der Waals surface area contributed by atoms with Crippen LogP contribution in [0.15, 0.2) is 12.2 Å². The summed E-state index contributed by atoms with van der Waals surface area (Å²) in [5.74, 6) is -0.336. The lowest BCUT2D eigenvalue weighted by Crippen LogP contribution is -2.07. The normalized spacial score (nSPS) is 12.2. The van der Waals surface area contributed by atoms with E-state index < -0.39 is 0 Å². The van der Waals surface area contributed by atoms with Gasteiger partial charge in [0.15, 0.2) is 0 Å². The van der Waals surface area contributed by atoms with E-state index in [1.165, 1.54) is 0 Å². The van der Waals surface area contributed by atoms with Crippen LogP contribution in [0.2, 0.25) is 0 Å². The highest BCUT2D eigenvalue weighted by Crippen LogP contribution is 2.01. The summed E-state index contributed by atoms with van der Waals surface area (Å²) < 4.78 is 4.87. The lowest BCUT2D eigenvalue weighted by atomic mass is 10.2. The first kappa shape index (κ1) is 12.2. The molecule has 1 unspecified atom stereocenters. The fourth-order valence-corrected chi connectivity index (χ4v) is 0.830. The van der Waals surface area contributed by atoms with Gasteiger partial charge < -0.3 is 9.84 Å². The third kappa shape index (κ3) is 7.53. The molecule has 0 rings (SSSR count). The Labute approximate surface area is 79.4 Å². The minimum Gasteiger partial charge on any atom is -0.462 e. The van der Waals surface area contributed by atoms with Gasteiger partial charge in [-0.15, -0.1) is 0 Å². The van der Waals surface area contributed by atoms with Gasteiger partial charge in [-0.3, -0.25) is 0 Å². The Balaban J connectivity index is 3.26. The molecule has 0 radical (unpaired) electrons. The zero-order valence-electron chi connectivity index (χ0n) is 8.38. The summed E-state index contributed by atoms with van der Waals surface area (Å²) in [6.45, 7) is 7.26. The van der Waals surface area contributed by atoms with Crippen molar-refractivity contribution >= 4 is 5.97 Å². The molecule has 3 heteroatoms. The number of aliphatic hydroxyl groups is 1. The number of unbranched alkanes of at least 4 members (excludes halogenated alkanes) is 1. The molecule has 1 N–H and O–H groups in total. The summed E-state index contributed by atoms with van der Waals surface area (Å²) in [4.78, 5) is 10.9. The van der Waals surface area contributed by atoms with E-state index in [0.717, 1.165) is 19.3 Å². The maximum absolute atomic E-state index is 10.9. The third-order valence-corrected chi connectivity index (χ3v) is 1.60. The van der Waals surface area contributed by atoms with Crippen LogP contribution in [0.25, 0.3) is 0 Å². The quantitative estimate of drug-likeness (QED) is 0.390. The summed E-state index contributed by atoms with van der Waals surface area (Å²) in [5.41, 5.74) is 0.426. The molecule has 0 aromatic heterocycles. The molecule has 76 valence electrons. The summed E-state index contributed by atoms with van der Waals surface area (Å²) in [7, 11) is 0. The minimum absolute atomic E-state index is 0.267. The maximum Gasteiger partial charge on any atom is 0.333 e. The summed E-state index contributed by atoms with van der Waals surface area (Å²) >= 11 is 0. The molecule has 0 aliphatic heterocycles. The van der Waals surface area contributed by atoms with Crippen LogP contribution in [0.4, 0.5) is 0 Å². The SMILES string of the molecule is C=C(C)C(=O)OCCCCC(C)O. The van der Waals surface area contributed by atoms with E-state index in [0.29, 0.717) is 12.2 Å². The average molecular weight is 186 g/mol. The van der Waals surface area contributed by atoms with Crippen molar-refractivity contribution in [1.29, 1.82) is 0 Å². The number of ether oxygens (including phenoxy) is 1. The highest BCUT2D eigenvalue weighted by atomic mass is 16.5. The van der Waals surface area contributed by atoms with Gasteiger partial charge >= 0.3 is 5.97 Å². The number of carbonyl (C=O) groups excluding carboxylic acids is 1.